The van der Waals surface area contributed by atoms with Gasteiger partial charge in [0, 0.05) is 19.4 Å². The fourth-order valence-electron chi connectivity index (χ4n) is 5.71. The van der Waals surface area contributed by atoms with Gasteiger partial charge in [-0.3, -0.25) is 18.6 Å². The maximum absolute atomic E-state index is 12.7. The minimum atomic E-state index is -4.39. The summed E-state index contributed by atoms with van der Waals surface area (Å²) in [4.78, 5) is 37.1. The van der Waals surface area contributed by atoms with Crippen LogP contribution in [0, 0.1) is 0 Å². The SMILES string of the molecule is CCCCC/C=C\C/C=C\C/C=C\C/C=C\CCCCCC(=O)OCC(COP(=O)(O)OCCN(C)C)OC(=O)CCCCC/C=C\C/C=C\C/C=C\C/C=C\CCCCC. The van der Waals surface area contributed by atoms with Crippen LogP contribution in [0.15, 0.2) is 97.2 Å². The molecule has 9 nitrogen and oxygen atoms in total. The predicted octanol–water partition coefficient (Wildman–Crippen LogP) is 14.0. The molecule has 1 N–H and O–H groups in total. The van der Waals surface area contributed by atoms with Gasteiger partial charge in [-0.1, -0.05) is 150 Å². The van der Waals surface area contributed by atoms with Gasteiger partial charge in [-0.15, -0.1) is 0 Å². The van der Waals surface area contributed by atoms with E-state index in [4.69, 9.17) is 18.5 Å². The molecule has 0 aromatic heterocycles. The molecule has 0 rings (SSSR count). The Morgan fingerprint density at radius 1 is 0.508 bits per heavy atom. The van der Waals surface area contributed by atoms with Crippen LogP contribution >= 0.6 is 7.82 Å². The lowest BCUT2D eigenvalue weighted by molar-refractivity contribution is -0.161. The van der Waals surface area contributed by atoms with Crippen molar-refractivity contribution in [1.82, 2.24) is 4.90 Å². The zero-order valence-corrected chi connectivity index (χ0v) is 39.7. The summed E-state index contributed by atoms with van der Waals surface area (Å²) < 4.78 is 33.5. The number of hydrogen-bond acceptors (Lipinski definition) is 8. The first-order valence-electron chi connectivity index (χ1n) is 23.5. The van der Waals surface area contributed by atoms with Crippen molar-refractivity contribution in [2.75, 3.05) is 40.5 Å². The lowest BCUT2D eigenvalue weighted by Gasteiger charge is -2.20. The summed E-state index contributed by atoms with van der Waals surface area (Å²) in [5.41, 5.74) is 0. The van der Waals surface area contributed by atoms with Gasteiger partial charge in [-0.25, -0.2) is 4.57 Å². The Balaban J connectivity index is 4.41. The molecule has 0 saturated carbocycles. The molecule has 0 aliphatic heterocycles. The van der Waals surface area contributed by atoms with Crippen molar-refractivity contribution >= 4 is 19.8 Å². The number of likely N-dealkylation sites (N-methyl/N-ethyl adjacent to an activating group) is 1. The van der Waals surface area contributed by atoms with E-state index in [2.05, 4.69) is 111 Å². The second-order valence-electron chi connectivity index (χ2n) is 15.6. The minimum absolute atomic E-state index is 0.0102. The van der Waals surface area contributed by atoms with E-state index >= 15 is 0 Å². The molecule has 0 radical (unpaired) electrons. The zero-order valence-electron chi connectivity index (χ0n) is 38.8. The highest BCUT2D eigenvalue weighted by molar-refractivity contribution is 7.47. The number of phosphoric acid groups is 1. The van der Waals surface area contributed by atoms with E-state index in [-0.39, 0.29) is 26.1 Å². The summed E-state index contributed by atoms with van der Waals surface area (Å²) in [7, 11) is -0.759. The highest BCUT2D eigenvalue weighted by Gasteiger charge is 2.26. The molecule has 61 heavy (non-hydrogen) atoms. The summed E-state index contributed by atoms with van der Waals surface area (Å²) in [5.74, 6) is -0.884. The van der Waals surface area contributed by atoms with Gasteiger partial charge in [-0.2, -0.15) is 0 Å². The van der Waals surface area contributed by atoms with Crippen LogP contribution in [-0.4, -0.2) is 68.3 Å². The zero-order chi connectivity index (χ0) is 44.8. The quantitative estimate of drug-likeness (QED) is 0.0277. The van der Waals surface area contributed by atoms with Crippen LogP contribution < -0.4 is 0 Å². The second-order valence-corrected chi connectivity index (χ2v) is 17.0. The smallest absolute Gasteiger partial charge is 0.462 e. The molecule has 0 fully saturated rings. The van der Waals surface area contributed by atoms with Crippen molar-refractivity contribution in [2.24, 2.45) is 0 Å². The summed E-state index contributed by atoms with van der Waals surface area (Å²) in [6.07, 6.45) is 57.4. The molecule has 2 atom stereocenters. The van der Waals surface area contributed by atoms with Gasteiger partial charge in [0.1, 0.15) is 6.61 Å². The first kappa shape index (κ1) is 57.9. The van der Waals surface area contributed by atoms with Gasteiger partial charge >= 0.3 is 19.8 Å². The number of carbonyl (C=O) groups excluding carboxylic acids is 2. The number of carbonyl (C=O) groups is 2. The fraction of sp³-hybridized carbons (Fsp3) is 0.647. The maximum Gasteiger partial charge on any atom is 0.472 e. The molecule has 0 spiro atoms. The number of ether oxygens (including phenoxy) is 2. The Kier molecular flexibility index (Phi) is 42.7. The molecule has 0 saturated heterocycles. The number of rotatable bonds is 42. The van der Waals surface area contributed by atoms with Crippen molar-refractivity contribution in [3.8, 4) is 0 Å². The van der Waals surface area contributed by atoms with Crippen molar-refractivity contribution in [2.45, 2.75) is 174 Å². The summed E-state index contributed by atoms with van der Waals surface area (Å²) >= 11 is 0. The second kappa shape index (κ2) is 45.0. The van der Waals surface area contributed by atoms with E-state index in [1.165, 1.54) is 51.4 Å². The van der Waals surface area contributed by atoms with Crippen LogP contribution in [-0.2, 0) is 32.7 Å². The van der Waals surface area contributed by atoms with Gasteiger partial charge < -0.3 is 19.3 Å². The summed E-state index contributed by atoms with van der Waals surface area (Å²) in [6.45, 7) is 4.17. The largest absolute Gasteiger partial charge is 0.472 e. The van der Waals surface area contributed by atoms with Crippen LogP contribution in [0.25, 0.3) is 0 Å². The normalized spacial score (nSPS) is 14.2. The highest BCUT2D eigenvalue weighted by Crippen LogP contribution is 2.43. The number of hydrogen-bond donors (Lipinski definition) is 1. The Morgan fingerprint density at radius 2 is 0.885 bits per heavy atom. The van der Waals surface area contributed by atoms with Gasteiger partial charge in [0.05, 0.1) is 13.2 Å². The Hall–Kier alpha value is -3.07. The van der Waals surface area contributed by atoms with Crippen LogP contribution in [0.4, 0.5) is 0 Å². The minimum Gasteiger partial charge on any atom is -0.462 e. The number of phosphoric ester groups is 1. The van der Waals surface area contributed by atoms with Gasteiger partial charge in [-0.05, 0) is 117 Å². The predicted molar refractivity (Wildman–Crippen MR) is 256 cm³/mol. The van der Waals surface area contributed by atoms with Crippen molar-refractivity contribution in [3.63, 3.8) is 0 Å². The van der Waals surface area contributed by atoms with Crippen LogP contribution in [0.2, 0.25) is 0 Å². The molecule has 348 valence electrons. The maximum atomic E-state index is 12.7. The van der Waals surface area contributed by atoms with Gasteiger partial charge in [0.15, 0.2) is 6.10 Å². The number of allylic oxidation sites excluding steroid dienone is 16. The van der Waals surface area contributed by atoms with E-state index in [9.17, 15) is 19.0 Å². The molecule has 2 unspecified atom stereocenters. The molecule has 0 heterocycles. The Bertz CT molecular complexity index is 1330. The third-order valence-corrected chi connectivity index (χ3v) is 10.3. The number of esters is 2. The van der Waals surface area contributed by atoms with Gasteiger partial charge in [0.25, 0.3) is 0 Å². The number of nitrogens with zero attached hydrogens (tertiary/aromatic N) is 1. The van der Waals surface area contributed by atoms with Crippen LogP contribution in [0.3, 0.4) is 0 Å². The average molecular weight is 872 g/mol. The van der Waals surface area contributed by atoms with E-state index in [0.717, 1.165) is 77.0 Å². The van der Waals surface area contributed by atoms with E-state index in [0.29, 0.717) is 19.4 Å². The van der Waals surface area contributed by atoms with Crippen LogP contribution in [0.1, 0.15) is 168 Å². The fourth-order valence-corrected chi connectivity index (χ4v) is 6.45. The standard InChI is InChI=1S/C51H86NO8P/c1-5-7-9-11-13-15-17-19-21-23-25-27-29-31-33-35-37-39-41-43-50(53)57-47-49(48-59-61(55,56)58-46-45-52(3)4)60-51(54)44-42-40-38-36-34-32-30-28-26-24-22-20-18-16-14-12-10-8-6-2/h13-16,19-22,25-28,31-34,49H,5-12,17-18,23-24,29-30,35-48H2,1-4H3,(H,55,56)/b15-13-,16-14-,21-19-,22-20-,27-25-,28-26-,33-31-,34-32-. The van der Waals surface area contributed by atoms with Crippen molar-refractivity contribution in [3.05, 3.63) is 97.2 Å². The lowest BCUT2D eigenvalue weighted by Crippen LogP contribution is -2.29. The molecular weight excluding hydrogens is 786 g/mol. The molecule has 10 heteroatoms. The average Bonchev–Trinajstić information content (AvgIpc) is 3.23. The third-order valence-electron chi connectivity index (χ3n) is 9.36. The topological polar surface area (TPSA) is 112 Å². The lowest BCUT2D eigenvalue weighted by atomic mass is 10.1. The van der Waals surface area contributed by atoms with Crippen LogP contribution in [0.5, 0.6) is 0 Å². The Morgan fingerprint density at radius 3 is 1.28 bits per heavy atom. The summed E-state index contributed by atoms with van der Waals surface area (Å²) in [5, 5.41) is 0. The molecule has 0 aromatic rings. The van der Waals surface area contributed by atoms with Crippen molar-refractivity contribution in [1.29, 1.82) is 0 Å². The molecule has 0 aliphatic rings. The number of unbranched alkanes of at least 4 members (excludes halogenated alkanes) is 12. The van der Waals surface area contributed by atoms with Crippen molar-refractivity contribution < 1.29 is 37.6 Å². The first-order chi connectivity index (χ1) is 29.7. The monoisotopic (exact) mass is 872 g/mol. The molecule has 0 aliphatic carbocycles. The third kappa shape index (κ3) is 46.3. The van der Waals surface area contributed by atoms with E-state index in [1.807, 2.05) is 14.1 Å². The first-order valence-corrected chi connectivity index (χ1v) is 25.0. The highest BCUT2D eigenvalue weighted by atomic mass is 31.2. The van der Waals surface area contributed by atoms with Gasteiger partial charge in [0.2, 0.25) is 0 Å². The molecule has 0 amide bonds. The summed E-state index contributed by atoms with van der Waals surface area (Å²) in [6, 6.07) is 0. The van der Waals surface area contributed by atoms with E-state index in [1.54, 1.807) is 4.90 Å². The molecular formula is C51H86NO8P. The Labute approximate surface area is 372 Å². The molecule has 0 aromatic carbocycles. The van der Waals surface area contributed by atoms with E-state index < -0.39 is 32.5 Å². The molecule has 0 bridgehead atoms.